The molecule has 0 saturated heterocycles. The average molecular weight is 405 g/mol. The lowest BCUT2D eigenvalue weighted by molar-refractivity contribution is 0.340. The summed E-state index contributed by atoms with van der Waals surface area (Å²) >= 11 is 11.4. The van der Waals surface area contributed by atoms with Gasteiger partial charge in [-0.1, -0.05) is 17.7 Å². The third kappa shape index (κ3) is 5.18. The van der Waals surface area contributed by atoms with Crippen LogP contribution in [0.2, 0.25) is 5.02 Å². The van der Waals surface area contributed by atoms with Crippen LogP contribution in [0.25, 0.3) is 0 Å². The van der Waals surface area contributed by atoms with Crippen LogP contribution in [0.4, 0.5) is 15.9 Å². The van der Waals surface area contributed by atoms with Gasteiger partial charge in [-0.05, 0) is 55.5 Å². The molecule has 1 heterocycles. The highest BCUT2D eigenvalue weighted by Gasteiger charge is 2.09. The Bertz CT molecular complexity index is 909. The van der Waals surface area contributed by atoms with Crippen LogP contribution in [0.5, 0.6) is 5.75 Å². The Morgan fingerprint density at radius 3 is 2.67 bits per heavy atom. The maximum Gasteiger partial charge on any atom is 0.176 e. The van der Waals surface area contributed by atoms with Gasteiger partial charge in [0.2, 0.25) is 0 Å². The summed E-state index contributed by atoms with van der Waals surface area (Å²) in [6.45, 7) is 2.78. The van der Waals surface area contributed by atoms with Crippen LogP contribution in [0.3, 0.4) is 0 Å². The number of anilines is 2. The number of thiocarbonyl (C=S) groups is 1. The van der Waals surface area contributed by atoms with Crippen molar-refractivity contribution >= 4 is 40.4 Å². The molecule has 0 aliphatic heterocycles. The third-order valence-electron chi connectivity index (χ3n) is 3.69. The highest BCUT2D eigenvalue weighted by atomic mass is 35.5. The summed E-state index contributed by atoms with van der Waals surface area (Å²) < 4.78 is 20.9. The Hall–Kier alpha value is -2.64. The molecule has 0 unspecified atom stereocenters. The first-order chi connectivity index (χ1) is 13.0. The van der Waals surface area contributed by atoms with E-state index >= 15 is 0 Å². The SMILES string of the molecule is CCOc1ccc(NC(=S)Nc2ccn(Cc3c(F)cccc3Cl)n2)cc1. The number of hydrogen-bond donors (Lipinski definition) is 2. The molecule has 0 fully saturated rings. The highest BCUT2D eigenvalue weighted by Crippen LogP contribution is 2.20. The van der Waals surface area contributed by atoms with Crippen LogP contribution in [0.15, 0.2) is 54.7 Å². The molecule has 1 aromatic heterocycles. The van der Waals surface area contributed by atoms with Crippen LogP contribution in [-0.2, 0) is 6.54 Å². The van der Waals surface area contributed by atoms with Crippen LogP contribution in [-0.4, -0.2) is 21.5 Å². The van der Waals surface area contributed by atoms with Crippen LogP contribution in [0, 0.1) is 5.82 Å². The maximum atomic E-state index is 13.9. The number of ether oxygens (including phenoxy) is 1. The molecule has 0 radical (unpaired) electrons. The third-order valence-corrected chi connectivity index (χ3v) is 4.25. The molecule has 3 rings (SSSR count). The van der Waals surface area contributed by atoms with Crippen LogP contribution >= 0.6 is 23.8 Å². The first-order valence-electron chi connectivity index (χ1n) is 8.32. The zero-order valence-electron chi connectivity index (χ0n) is 14.6. The number of halogens is 2. The molecule has 0 saturated carbocycles. The van der Waals surface area contributed by atoms with E-state index < -0.39 is 0 Å². The highest BCUT2D eigenvalue weighted by molar-refractivity contribution is 7.80. The van der Waals surface area contributed by atoms with E-state index in [1.54, 1.807) is 29.1 Å². The van der Waals surface area contributed by atoms with E-state index in [2.05, 4.69) is 15.7 Å². The van der Waals surface area contributed by atoms with Gasteiger partial charge >= 0.3 is 0 Å². The van der Waals surface area contributed by atoms with Gasteiger partial charge in [-0.25, -0.2) is 4.39 Å². The molecule has 0 amide bonds. The molecule has 0 atom stereocenters. The second-order valence-corrected chi connectivity index (χ2v) is 6.45. The molecular weight excluding hydrogens is 387 g/mol. The zero-order valence-corrected chi connectivity index (χ0v) is 16.1. The van der Waals surface area contributed by atoms with Gasteiger partial charge in [-0.3, -0.25) is 4.68 Å². The van der Waals surface area contributed by atoms with Crippen molar-refractivity contribution in [1.82, 2.24) is 9.78 Å². The zero-order chi connectivity index (χ0) is 19.2. The summed E-state index contributed by atoms with van der Waals surface area (Å²) in [6.07, 6.45) is 1.73. The lowest BCUT2D eigenvalue weighted by Gasteiger charge is -2.10. The van der Waals surface area contributed by atoms with Gasteiger partial charge in [0.25, 0.3) is 0 Å². The standard InChI is InChI=1S/C19H18ClFN4OS/c1-2-26-14-8-6-13(7-9-14)22-19(27)23-18-10-11-25(24-18)12-15-16(20)4-3-5-17(15)21/h3-11H,2,12H2,1H3,(H2,22,23,24,27). The Labute approximate surface area is 167 Å². The van der Waals surface area contributed by atoms with E-state index in [9.17, 15) is 4.39 Å². The Morgan fingerprint density at radius 1 is 1.19 bits per heavy atom. The molecule has 0 aliphatic carbocycles. The Kier molecular flexibility index (Phi) is 6.26. The number of aromatic nitrogens is 2. The summed E-state index contributed by atoms with van der Waals surface area (Å²) in [7, 11) is 0. The molecule has 27 heavy (non-hydrogen) atoms. The fourth-order valence-electron chi connectivity index (χ4n) is 2.44. The number of nitrogens with zero attached hydrogens (tertiary/aromatic N) is 2. The summed E-state index contributed by atoms with van der Waals surface area (Å²) in [5.74, 6) is 0.985. The van der Waals surface area contributed by atoms with Gasteiger partial charge in [0, 0.05) is 28.5 Å². The van der Waals surface area contributed by atoms with Gasteiger partial charge in [0.1, 0.15) is 11.6 Å². The molecule has 2 aromatic carbocycles. The Balaban J connectivity index is 1.59. The number of benzene rings is 2. The van der Waals surface area contributed by atoms with E-state index in [1.165, 1.54) is 6.07 Å². The topological polar surface area (TPSA) is 51.1 Å². The number of nitrogens with one attached hydrogen (secondary N) is 2. The smallest absolute Gasteiger partial charge is 0.176 e. The van der Waals surface area contributed by atoms with Crippen LogP contribution in [0.1, 0.15) is 12.5 Å². The van der Waals surface area contributed by atoms with E-state index in [-0.39, 0.29) is 12.4 Å². The quantitative estimate of drug-likeness (QED) is 0.570. The van der Waals surface area contributed by atoms with Crippen molar-refractivity contribution in [2.75, 3.05) is 17.2 Å². The summed E-state index contributed by atoms with van der Waals surface area (Å²) in [4.78, 5) is 0. The molecule has 0 aliphatic rings. The summed E-state index contributed by atoms with van der Waals surface area (Å²) in [5.41, 5.74) is 1.22. The normalized spacial score (nSPS) is 10.5. The molecular formula is C19H18ClFN4OS. The van der Waals surface area contributed by atoms with Gasteiger partial charge in [0.05, 0.1) is 13.2 Å². The van der Waals surface area contributed by atoms with Crippen molar-refractivity contribution < 1.29 is 9.13 Å². The predicted molar refractivity (Wildman–Crippen MR) is 110 cm³/mol. The van der Waals surface area contributed by atoms with Crippen molar-refractivity contribution in [3.8, 4) is 5.75 Å². The van der Waals surface area contributed by atoms with Gasteiger partial charge in [0.15, 0.2) is 10.9 Å². The van der Waals surface area contributed by atoms with Crippen molar-refractivity contribution in [2.45, 2.75) is 13.5 Å². The predicted octanol–water partition coefficient (Wildman–Crippen LogP) is 4.93. The second-order valence-electron chi connectivity index (χ2n) is 5.64. The van der Waals surface area contributed by atoms with Crippen molar-refractivity contribution in [2.24, 2.45) is 0 Å². The van der Waals surface area contributed by atoms with Gasteiger partial charge in [-0.15, -0.1) is 0 Å². The minimum atomic E-state index is -0.361. The first-order valence-corrected chi connectivity index (χ1v) is 9.11. The molecule has 140 valence electrons. The van der Waals surface area contributed by atoms with E-state index in [4.69, 9.17) is 28.6 Å². The monoisotopic (exact) mass is 404 g/mol. The van der Waals surface area contributed by atoms with E-state index in [0.717, 1.165) is 11.4 Å². The number of rotatable bonds is 6. The molecule has 0 bridgehead atoms. The van der Waals surface area contributed by atoms with Crippen molar-refractivity contribution in [3.05, 3.63) is 71.1 Å². The van der Waals surface area contributed by atoms with E-state index in [1.807, 2.05) is 31.2 Å². The summed E-state index contributed by atoms with van der Waals surface area (Å²) in [6, 6.07) is 13.8. The largest absolute Gasteiger partial charge is 0.494 e. The van der Waals surface area contributed by atoms with Gasteiger partial charge < -0.3 is 15.4 Å². The fraction of sp³-hybridized carbons (Fsp3) is 0.158. The Morgan fingerprint density at radius 2 is 1.96 bits per heavy atom. The fourth-order valence-corrected chi connectivity index (χ4v) is 2.89. The van der Waals surface area contributed by atoms with Crippen LogP contribution < -0.4 is 15.4 Å². The lowest BCUT2D eigenvalue weighted by atomic mass is 10.2. The van der Waals surface area contributed by atoms with Crippen molar-refractivity contribution in [3.63, 3.8) is 0 Å². The molecule has 5 nitrogen and oxygen atoms in total. The molecule has 3 aromatic rings. The maximum absolute atomic E-state index is 13.9. The van der Waals surface area contributed by atoms with Crippen molar-refractivity contribution in [1.29, 1.82) is 0 Å². The summed E-state index contributed by atoms with van der Waals surface area (Å²) in [5, 5.41) is 11.2. The van der Waals surface area contributed by atoms with Gasteiger partial charge in [-0.2, -0.15) is 5.10 Å². The minimum Gasteiger partial charge on any atom is -0.494 e. The van der Waals surface area contributed by atoms with E-state index in [0.29, 0.717) is 28.1 Å². The average Bonchev–Trinajstić information content (AvgIpc) is 3.07. The lowest BCUT2D eigenvalue weighted by Crippen LogP contribution is -2.19. The molecule has 8 heteroatoms. The first kappa shape index (κ1) is 19.1. The minimum absolute atomic E-state index is 0.228. The number of hydrogen-bond acceptors (Lipinski definition) is 3. The molecule has 0 spiro atoms. The second kappa shape index (κ2) is 8.83. The molecule has 2 N–H and O–H groups in total.